The van der Waals surface area contributed by atoms with E-state index in [0.717, 1.165) is 23.3 Å². The molecule has 4 heteroatoms. The SMILES string of the molecule is COc1cc(O)ccc1[C@H]1COc2cc(O)ccc2C1. The van der Waals surface area contributed by atoms with Gasteiger partial charge in [0.2, 0.25) is 0 Å². The molecule has 0 amide bonds. The Morgan fingerprint density at radius 2 is 1.85 bits per heavy atom. The summed E-state index contributed by atoms with van der Waals surface area (Å²) in [7, 11) is 1.59. The molecule has 1 aliphatic rings. The molecule has 0 bridgehead atoms. The fraction of sp³-hybridized carbons (Fsp3) is 0.250. The van der Waals surface area contributed by atoms with Crippen molar-refractivity contribution < 1.29 is 19.7 Å². The lowest BCUT2D eigenvalue weighted by Crippen LogP contribution is -2.19. The monoisotopic (exact) mass is 272 g/mol. The first-order valence-electron chi connectivity index (χ1n) is 6.49. The number of aromatic hydroxyl groups is 2. The Hall–Kier alpha value is -2.36. The van der Waals surface area contributed by atoms with Gasteiger partial charge in [0.05, 0.1) is 13.7 Å². The number of hydrogen-bond acceptors (Lipinski definition) is 4. The molecule has 0 aliphatic carbocycles. The highest BCUT2D eigenvalue weighted by Crippen LogP contribution is 2.38. The van der Waals surface area contributed by atoms with E-state index >= 15 is 0 Å². The number of ether oxygens (including phenoxy) is 2. The molecule has 1 aliphatic heterocycles. The predicted molar refractivity (Wildman–Crippen MR) is 74.7 cm³/mol. The van der Waals surface area contributed by atoms with Gasteiger partial charge in [-0.2, -0.15) is 0 Å². The van der Waals surface area contributed by atoms with Crippen LogP contribution in [0.15, 0.2) is 36.4 Å². The molecule has 2 N–H and O–H groups in total. The molecule has 1 atom stereocenters. The summed E-state index contributed by atoms with van der Waals surface area (Å²) < 4.78 is 11.1. The fourth-order valence-corrected chi connectivity index (χ4v) is 2.60. The molecule has 2 aromatic carbocycles. The first-order valence-corrected chi connectivity index (χ1v) is 6.49. The van der Waals surface area contributed by atoms with Crippen LogP contribution in [-0.4, -0.2) is 23.9 Å². The second-order valence-electron chi connectivity index (χ2n) is 4.93. The third-order valence-electron chi connectivity index (χ3n) is 3.61. The van der Waals surface area contributed by atoms with E-state index in [1.165, 1.54) is 0 Å². The smallest absolute Gasteiger partial charge is 0.126 e. The minimum Gasteiger partial charge on any atom is -0.508 e. The number of fused-ring (bicyclic) bond motifs is 1. The molecular formula is C16H16O4. The molecule has 0 saturated heterocycles. The highest BCUT2D eigenvalue weighted by atomic mass is 16.5. The molecule has 0 fully saturated rings. The molecule has 0 spiro atoms. The Balaban J connectivity index is 1.92. The molecule has 0 aromatic heterocycles. The first-order chi connectivity index (χ1) is 9.67. The second kappa shape index (κ2) is 4.96. The van der Waals surface area contributed by atoms with Gasteiger partial charge >= 0.3 is 0 Å². The Bertz CT molecular complexity index is 636. The highest BCUT2D eigenvalue weighted by Gasteiger charge is 2.24. The van der Waals surface area contributed by atoms with Crippen LogP contribution in [0, 0.1) is 0 Å². The van der Waals surface area contributed by atoms with Crippen molar-refractivity contribution in [2.75, 3.05) is 13.7 Å². The van der Waals surface area contributed by atoms with Gasteiger partial charge < -0.3 is 19.7 Å². The third-order valence-corrected chi connectivity index (χ3v) is 3.61. The molecule has 1 heterocycles. The van der Waals surface area contributed by atoms with Crippen molar-refractivity contribution in [2.24, 2.45) is 0 Å². The van der Waals surface area contributed by atoms with Crippen molar-refractivity contribution in [1.82, 2.24) is 0 Å². The summed E-state index contributed by atoms with van der Waals surface area (Å²) in [6.45, 7) is 0.525. The van der Waals surface area contributed by atoms with Gasteiger partial charge in [0.25, 0.3) is 0 Å². The van der Waals surface area contributed by atoms with E-state index in [1.807, 2.05) is 12.1 Å². The molecule has 4 nitrogen and oxygen atoms in total. The number of benzene rings is 2. The molecule has 0 saturated carbocycles. The normalized spacial score (nSPS) is 17.1. The molecular weight excluding hydrogens is 256 g/mol. The van der Waals surface area contributed by atoms with Crippen LogP contribution in [0.3, 0.4) is 0 Å². The van der Waals surface area contributed by atoms with Crippen LogP contribution in [0.5, 0.6) is 23.0 Å². The lowest BCUT2D eigenvalue weighted by Gasteiger charge is -2.26. The van der Waals surface area contributed by atoms with Crippen LogP contribution in [0.2, 0.25) is 0 Å². The number of phenols is 2. The van der Waals surface area contributed by atoms with Crippen LogP contribution in [0.25, 0.3) is 0 Å². The van der Waals surface area contributed by atoms with Gasteiger partial charge in [-0.15, -0.1) is 0 Å². The first kappa shape index (κ1) is 12.7. The summed E-state index contributed by atoms with van der Waals surface area (Å²) >= 11 is 0. The summed E-state index contributed by atoms with van der Waals surface area (Å²) in [6, 6.07) is 10.3. The van der Waals surface area contributed by atoms with E-state index in [0.29, 0.717) is 12.4 Å². The van der Waals surface area contributed by atoms with E-state index in [9.17, 15) is 10.2 Å². The van der Waals surface area contributed by atoms with Crippen molar-refractivity contribution in [3.63, 3.8) is 0 Å². The van der Waals surface area contributed by atoms with Gasteiger partial charge in [-0.3, -0.25) is 0 Å². The van der Waals surface area contributed by atoms with Gasteiger partial charge in [0.1, 0.15) is 23.0 Å². The van der Waals surface area contributed by atoms with Gasteiger partial charge in [-0.25, -0.2) is 0 Å². The lowest BCUT2D eigenvalue weighted by molar-refractivity contribution is 0.257. The van der Waals surface area contributed by atoms with E-state index in [4.69, 9.17) is 9.47 Å². The Kier molecular flexibility index (Phi) is 3.14. The van der Waals surface area contributed by atoms with Gasteiger partial charge in [-0.05, 0) is 24.1 Å². The van der Waals surface area contributed by atoms with Crippen molar-refractivity contribution >= 4 is 0 Å². The summed E-state index contributed by atoms with van der Waals surface area (Å²) in [4.78, 5) is 0. The Morgan fingerprint density at radius 1 is 1.10 bits per heavy atom. The molecule has 3 rings (SSSR count). The van der Waals surface area contributed by atoms with Crippen molar-refractivity contribution in [3.05, 3.63) is 47.5 Å². The summed E-state index contributed by atoms with van der Waals surface area (Å²) in [6.07, 6.45) is 0.816. The Morgan fingerprint density at radius 3 is 2.65 bits per heavy atom. The summed E-state index contributed by atoms with van der Waals surface area (Å²) in [5, 5.41) is 19.0. The van der Waals surface area contributed by atoms with Gasteiger partial charge in [-0.1, -0.05) is 12.1 Å². The maximum atomic E-state index is 9.52. The third kappa shape index (κ3) is 2.25. The topological polar surface area (TPSA) is 58.9 Å². The van der Waals surface area contributed by atoms with E-state index in [-0.39, 0.29) is 17.4 Å². The zero-order chi connectivity index (χ0) is 14.1. The largest absolute Gasteiger partial charge is 0.508 e. The number of rotatable bonds is 2. The second-order valence-corrected chi connectivity index (χ2v) is 4.93. The van der Waals surface area contributed by atoms with Crippen molar-refractivity contribution in [2.45, 2.75) is 12.3 Å². The fourth-order valence-electron chi connectivity index (χ4n) is 2.60. The molecule has 104 valence electrons. The number of phenolic OH excluding ortho intramolecular Hbond substituents is 2. The molecule has 0 unspecified atom stereocenters. The van der Waals surface area contributed by atoms with Crippen molar-refractivity contribution in [1.29, 1.82) is 0 Å². The lowest BCUT2D eigenvalue weighted by atomic mass is 9.89. The highest BCUT2D eigenvalue weighted by molar-refractivity contribution is 5.47. The Labute approximate surface area is 117 Å². The zero-order valence-electron chi connectivity index (χ0n) is 11.2. The summed E-state index contributed by atoms with van der Waals surface area (Å²) in [5.41, 5.74) is 2.08. The minimum atomic E-state index is 0.169. The maximum Gasteiger partial charge on any atom is 0.126 e. The minimum absolute atomic E-state index is 0.169. The zero-order valence-corrected chi connectivity index (χ0v) is 11.2. The number of methoxy groups -OCH3 is 1. The van der Waals surface area contributed by atoms with Gasteiger partial charge in [0, 0.05) is 23.6 Å². The van der Waals surface area contributed by atoms with Crippen LogP contribution < -0.4 is 9.47 Å². The van der Waals surface area contributed by atoms with Crippen LogP contribution in [0.1, 0.15) is 17.0 Å². The van der Waals surface area contributed by atoms with E-state index < -0.39 is 0 Å². The molecule has 2 aromatic rings. The summed E-state index contributed by atoms with van der Waals surface area (Å²) in [5.74, 6) is 1.97. The predicted octanol–water partition coefficient (Wildman–Crippen LogP) is 2.83. The average Bonchev–Trinajstić information content (AvgIpc) is 2.46. The van der Waals surface area contributed by atoms with Crippen LogP contribution in [-0.2, 0) is 6.42 Å². The standard InChI is InChI=1S/C16H16O4/c1-19-16-8-13(18)4-5-14(16)11-6-10-2-3-12(17)7-15(10)20-9-11/h2-5,7-8,11,17-18H,6,9H2,1H3/t11-/m1/s1. The van der Waals surface area contributed by atoms with Crippen LogP contribution in [0.4, 0.5) is 0 Å². The quantitative estimate of drug-likeness (QED) is 0.882. The average molecular weight is 272 g/mol. The molecule has 0 radical (unpaired) electrons. The van der Waals surface area contributed by atoms with E-state index in [1.54, 1.807) is 31.4 Å². The maximum absolute atomic E-state index is 9.52. The van der Waals surface area contributed by atoms with Crippen molar-refractivity contribution in [3.8, 4) is 23.0 Å². The van der Waals surface area contributed by atoms with E-state index in [2.05, 4.69) is 0 Å². The van der Waals surface area contributed by atoms with Crippen LogP contribution >= 0.6 is 0 Å². The molecule has 20 heavy (non-hydrogen) atoms. The van der Waals surface area contributed by atoms with Gasteiger partial charge in [0.15, 0.2) is 0 Å². The number of hydrogen-bond donors (Lipinski definition) is 2.